The number of nitrogens with zero attached hydrogens (tertiary/aromatic N) is 2. The molecule has 6 heteroatoms. The fourth-order valence-electron chi connectivity index (χ4n) is 2.36. The van der Waals surface area contributed by atoms with Crippen molar-refractivity contribution in [2.75, 3.05) is 20.1 Å². The molecule has 0 aromatic carbocycles. The van der Waals surface area contributed by atoms with Crippen molar-refractivity contribution in [3.05, 3.63) is 18.5 Å². The Kier molecular flexibility index (Phi) is 4.09. The van der Waals surface area contributed by atoms with Crippen LogP contribution in [0.1, 0.15) is 19.3 Å². The molecule has 1 unspecified atom stereocenters. The normalized spacial score (nSPS) is 22.1. The second-order valence-corrected chi connectivity index (χ2v) is 6.87. The predicted octanol–water partition coefficient (Wildman–Crippen LogP) is 0.788. The molecule has 0 amide bonds. The number of sulfonamides is 1. The number of hydrogen-bond acceptors (Lipinski definition) is 3. The van der Waals surface area contributed by atoms with Crippen molar-refractivity contribution in [1.29, 1.82) is 0 Å². The van der Waals surface area contributed by atoms with E-state index in [2.05, 4.69) is 5.32 Å². The van der Waals surface area contributed by atoms with Crippen LogP contribution >= 0.6 is 0 Å². The lowest BCUT2D eigenvalue weighted by Crippen LogP contribution is -2.37. The number of hydrogen-bond donors (Lipinski definition) is 1. The van der Waals surface area contributed by atoms with Gasteiger partial charge < -0.3 is 9.88 Å². The van der Waals surface area contributed by atoms with Crippen LogP contribution in [-0.2, 0) is 17.1 Å². The fourth-order valence-corrected chi connectivity index (χ4v) is 3.83. The van der Waals surface area contributed by atoms with Gasteiger partial charge in [0.25, 0.3) is 0 Å². The second-order valence-electron chi connectivity index (χ2n) is 4.87. The lowest BCUT2D eigenvalue weighted by Gasteiger charge is -2.25. The van der Waals surface area contributed by atoms with Crippen LogP contribution in [0.5, 0.6) is 0 Å². The Balaban J connectivity index is 2.18. The minimum atomic E-state index is -3.35. The van der Waals surface area contributed by atoms with Crippen molar-refractivity contribution in [2.24, 2.45) is 7.05 Å². The Hall–Kier alpha value is -0.850. The molecule has 1 aliphatic heterocycles. The molecular formula is C12H21N3O2S. The van der Waals surface area contributed by atoms with Crippen LogP contribution in [0.3, 0.4) is 0 Å². The maximum Gasteiger partial charge on any atom is 0.244 e. The molecule has 0 aliphatic carbocycles. The van der Waals surface area contributed by atoms with E-state index in [4.69, 9.17) is 0 Å². The molecule has 0 radical (unpaired) electrons. The first kappa shape index (κ1) is 13.6. The summed E-state index contributed by atoms with van der Waals surface area (Å²) < 4.78 is 28.2. The molecule has 2 heterocycles. The zero-order valence-corrected chi connectivity index (χ0v) is 11.8. The predicted molar refractivity (Wildman–Crippen MR) is 70.9 cm³/mol. The Morgan fingerprint density at radius 2 is 2.17 bits per heavy atom. The van der Waals surface area contributed by atoms with E-state index >= 15 is 0 Å². The summed E-state index contributed by atoms with van der Waals surface area (Å²) in [6.45, 7) is 1.87. The van der Waals surface area contributed by atoms with Crippen molar-refractivity contribution >= 4 is 10.0 Å². The van der Waals surface area contributed by atoms with Crippen LogP contribution in [-0.4, -0.2) is 43.5 Å². The van der Waals surface area contributed by atoms with Gasteiger partial charge in [0, 0.05) is 32.5 Å². The topological polar surface area (TPSA) is 54.3 Å². The van der Waals surface area contributed by atoms with Crippen molar-refractivity contribution < 1.29 is 8.42 Å². The van der Waals surface area contributed by atoms with Gasteiger partial charge in [-0.05, 0) is 38.4 Å². The SMILES string of the molecule is CN(C1CCCNCC1)S(=O)(=O)c1ccn(C)c1. The highest BCUT2D eigenvalue weighted by molar-refractivity contribution is 7.89. The minimum Gasteiger partial charge on any atom is -0.356 e. The highest BCUT2D eigenvalue weighted by atomic mass is 32.2. The smallest absolute Gasteiger partial charge is 0.244 e. The van der Waals surface area contributed by atoms with Crippen molar-refractivity contribution in [2.45, 2.75) is 30.2 Å². The molecular weight excluding hydrogens is 250 g/mol. The van der Waals surface area contributed by atoms with E-state index in [1.54, 1.807) is 30.1 Å². The van der Waals surface area contributed by atoms with Gasteiger partial charge in [0.2, 0.25) is 10.0 Å². The molecule has 1 aliphatic rings. The summed E-state index contributed by atoms with van der Waals surface area (Å²) in [7, 11) is 0.171. The number of aromatic nitrogens is 1. The van der Waals surface area contributed by atoms with Crippen LogP contribution in [0.25, 0.3) is 0 Å². The van der Waals surface area contributed by atoms with Gasteiger partial charge in [-0.3, -0.25) is 0 Å². The Morgan fingerprint density at radius 1 is 1.39 bits per heavy atom. The number of nitrogens with one attached hydrogen (secondary N) is 1. The lowest BCUT2D eigenvalue weighted by molar-refractivity contribution is 0.341. The third-order valence-electron chi connectivity index (χ3n) is 3.54. The summed E-state index contributed by atoms with van der Waals surface area (Å²) in [6.07, 6.45) is 6.24. The van der Waals surface area contributed by atoms with Crippen molar-refractivity contribution in [1.82, 2.24) is 14.2 Å². The van der Waals surface area contributed by atoms with Gasteiger partial charge in [0.15, 0.2) is 0 Å². The molecule has 1 saturated heterocycles. The highest BCUT2D eigenvalue weighted by Gasteiger charge is 2.28. The largest absolute Gasteiger partial charge is 0.356 e. The van der Waals surface area contributed by atoms with Gasteiger partial charge in [-0.15, -0.1) is 0 Å². The molecule has 2 rings (SSSR count). The minimum absolute atomic E-state index is 0.102. The van der Waals surface area contributed by atoms with Gasteiger partial charge in [-0.25, -0.2) is 8.42 Å². The van der Waals surface area contributed by atoms with E-state index in [1.807, 2.05) is 7.05 Å². The molecule has 0 saturated carbocycles. The Morgan fingerprint density at radius 3 is 2.83 bits per heavy atom. The summed E-state index contributed by atoms with van der Waals surface area (Å²) in [6, 6.07) is 1.76. The molecule has 0 bridgehead atoms. The van der Waals surface area contributed by atoms with Crippen molar-refractivity contribution in [3.8, 4) is 0 Å². The zero-order valence-electron chi connectivity index (χ0n) is 11.0. The van der Waals surface area contributed by atoms with E-state index in [1.165, 1.54) is 4.31 Å². The van der Waals surface area contributed by atoms with Crippen LogP contribution in [0.2, 0.25) is 0 Å². The molecule has 1 aromatic heterocycles. The standard InChI is InChI=1S/C12H21N3O2S/c1-14-9-6-12(10-14)18(16,17)15(2)11-4-3-7-13-8-5-11/h6,9-11,13H,3-5,7-8H2,1-2H3. The monoisotopic (exact) mass is 271 g/mol. The van der Waals surface area contributed by atoms with E-state index in [9.17, 15) is 8.42 Å². The summed E-state index contributed by atoms with van der Waals surface area (Å²) >= 11 is 0. The molecule has 1 aromatic rings. The van der Waals surface area contributed by atoms with Gasteiger partial charge in [0.05, 0.1) is 4.90 Å². The van der Waals surface area contributed by atoms with E-state index in [-0.39, 0.29) is 6.04 Å². The second kappa shape index (κ2) is 5.42. The summed E-state index contributed by atoms with van der Waals surface area (Å²) in [4.78, 5) is 0.379. The zero-order chi connectivity index (χ0) is 13.2. The number of aryl methyl sites for hydroxylation is 1. The maximum absolute atomic E-state index is 12.4. The quantitative estimate of drug-likeness (QED) is 0.884. The fraction of sp³-hybridized carbons (Fsp3) is 0.667. The summed E-state index contributed by atoms with van der Waals surface area (Å²) in [5.41, 5.74) is 0. The van der Waals surface area contributed by atoms with E-state index in [0.29, 0.717) is 4.90 Å². The van der Waals surface area contributed by atoms with Crippen molar-refractivity contribution in [3.63, 3.8) is 0 Å². The van der Waals surface area contributed by atoms with Gasteiger partial charge >= 0.3 is 0 Å². The molecule has 0 spiro atoms. The molecule has 1 atom stereocenters. The van der Waals surface area contributed by atoms with E-state index < -0.39 is 10.0 Å². The third kappa shape index (κ3) is 2.76. The Labute approximate surface area is 109 Å². The molecule has 1 N–H and O–H groups in total. The number of rotatable bonds is 3. The van der Waals surface area contributed by atoms with Gasteiger partial charge in [-0.2, -0.15) is 4.31 Å². The first-order chi connectivity index (χ1) is 8.51. The average molecular weight is 271 g/mol. The third-order valence-corrected chi connectivity index (χ3v) is 5.43. The first-order valence-corrected chi connectivity index (χ1v) is 7.76. The Bertz CT molecular complexity index is 487. The molecule has 18 heavy (non-hydrogen) atoms. The molecule has 5 nitrogen and oxygen atoms in total. The highest BCUT2D eigenvalue weighted by Crippen LogP contribution is 2.21. The van der Waals surface area contributed by atoms with Gasteiger partial charge in [-0.1, -0.05) is 0 Å². The average Bonchev–Trinajstić information content (AvgIpc) is 2.63. The molecule has 1 fully saturated rings. The maximum atomic E-state index is 12.4. The van der Waals surface area contributed by atoms with Crippen LogP contribution in [0.15, 0.2) is 23.4 Å². The summed E-state index contributed by atoms with van der Waals surface area (Å²) in [5, 5.41) is 3.30. The van der Waals surface area contributed by atoms with Crippen LogP contribution < -0.4 is 5.32 Å². The van der Waals surface area contributed by atoms with Gasteiger partial charge in [0.1, 0.15) is 0 Å². The van der Waals surface area contributed by atoms with Crippen LogP contribution in [0, 0.1) is 0 Å². The van der Waals surface area contributed by atoms with Crippen LogP contribution in [0.4, 0.5) is 0 Å². The molecule has 102 valence electrons. The van der Waals surface area contributed by atoms with E-state index in [0.717, 1.165) is 32.4 Å². The summed E-state index contributed by atoms with van der Waals surface area (Å²) in [5.74, 6) is 0. The first-order valence-electron chi connectivity index (χ1n) is 6.32. The lowest BCUT2D eigenvalue weighted by atomic mass is 10.1.